The zero-order chi connectivity index (χ0) is 11.5. The minimum atomic E-state index is 0.236. The van der Waals surface area contributed by atoms with Crippen molar-refractivity contribution < 1.29 is 9.47 Å². The van der Waals surface area contributed by atoms with E-state index in [1.165, 1.54) is 5.56 Å². The molecule has 0 amide bonds. The predicted octanol–water partition coefficient (Wildman–Crippen LogP) is 1.37. The molecule has 1 aromatic carbocycles. The lowest BCUT2D eigenvalue weighted by Crippen LogP contribution is -2.30. The van der Waals surface area contributed by atoms with Crippen molar-refractivity contribution in [2.75, 3.05) is 26.9 Å². The molecule has 0 saturated carbocycles. The topological polar surface area (TPSA) is 47.7 Å². The molecular weight excluding hydrogens is 204 g/mol. The second-order valence-electron chi connectivity index (χ2n) is 3.94. The van der Waals surface area contributed by atoms with Gasteiger partial charge >= 0.3 is 0 Å². The first-order valence-electron chi connectivity index (χ1n) is 5.56. The quantitative estimate of drug-likeness (QED) is 0.835. The Balaban J connectivity index is 2.25. The summed E-state index contributed by atoms with van der Waals surface area (Å²) in [4.78, 5) is 2.22. The Morgan fingerprint density at radius 3 is 2.81 bits per heavy atom. The zero-order valence-corrected chi connectivity index (χ0v) is 9.77. The van der Waals surface area contributed by atoms with Crippen molar-refractivity contribution in [1.29, 1.82) is 0 Å². The number of fused-ring (bicyclic) bond motifs is 1. The van der Waals surface area contributed by atoms with Gasteiger partial charge in [-0.1, -0.05) is 13.0 Å². The summed E-state index contributed by atoms with van der Waals surface area (Å²) < 4.78 is 10.7. The van der Waals surface area contributed by atoms with Gasteiger partial charge in [0, 0.05) is 12.6 Å². The van der Waals surface area contributed by atoms with E-state index < -0.39 is 0 Å². The molecule has 4 nitrogen and oxygen atoms in total. The van der Waals surface area contributed by atoms with Crippen molar-refractivity contribution in [3.05, 3.63) is 23.8 Å². The fourth-order valence-electron chi connectivity index (χ4n) is 1.91. The van der Waals surface area contributed by atoms with Crippen LogP contribution in [0.15, 0.2) is 18.2 Å². The first-order valence-corrected chi connectivity index (χ1v) is 5.56. The minimum Gasteiger partial charge on any atom is -0.454 e. The average Bonchev–Trinajstić information content (AvgIpc) is 2.77. The van der Waals surface area contributed by atoms with Gasteiger partial charge in [0.1, 0.15) is 0 Å². The highest BCUT2D eigenvalue weighted by atomic mass is 16.7. The monoisotopic (exact) mass is 222 g/mol. The Kier molecular flexibility index (Phi) is 3.31. The molecule has 0 saturated heterocycles. The van der Waals surface area contributed by atoms with Crippen LogP contribution >= 0.6 is 0 Å². The molecule has 88 valence electrons. The van der Waals surface area contributed by atoms with E-state index in [1.54, 1.807) is 0 Å². The van der Waals surface area contributed by atoms with E-state index in [4.69, 9.17) is 15.2 Å². The molecule has 4 heteroatoms. The van der Waals surface area contributed by atoms with Gasteiger partial charge in [-0.05, 0) is 31.3 Å². The fraction of sp³-hybridized carbons (Fsp3) is 0.500. The lowest BCUT2D eigenvalue weighted by Gasteiger charge is -2.26. The highest BCUT2D eigenvalue weighted by molar-refractivity contribution is 5.45. The minimum absolute atomic E-state index is 0.236. The molecule has 16 heavy (non-hydrogen) atoms. The van der Waals surface area contributed by atoms with Gasteiger partial charge in [-0.15, -0.1) is 0 Å². The van der Waals surface area contributed by atoms with E-state index in [1.807, 2.05) is 12.1 Å². The molecule has 0 radical (unpaired) electrons. The largest absolute Gasteiger partial charge is 0.454 e. The second kappa shape index (κ2) is 4.72. The summed E-state index contributed by atoms with van der Waals surface area (Å²) in [6, 6.07) is 6.26. The third kappa shape index (κ3) is 1.99. The third-order valence-corrected chi connectivity index (χ3v) is 3.04. The van der Waals surface area contributed by atoms with Crippen LogP contribution in [0.5, 0.6) is 11.5 Å². The van der Waals surface area contributed by atoms with Crippen molar-refractivity contribution in [2.24, 2.45) is 5.73 Å². The van der Waals surface area contributed by atoms with E-state index >= 15 is 0 Å². The molecule has 1 atom stereocenters. The van der Waals surface area contributed by atoms with Crippen molar-refractivity contribution in [2.45, 2.75) is 13.0 Å². The number of nitrogens with zero attached hydrogens (tertiary/aromatic N) is 1. The molecule has 2 rings (SSSR count). The molecule has 1 heterocycles. The van der Waals surface area contributed by atoms with Gasteiger partial charge in [0.05, 0.1) is 0 Å². The van der Waals surface area contributed by atoms with E-state index in [9.17, 15) is 0 Å². The normalized spacial score (nSPS) is 15.5. The van der Waals surface area contributed by atoms with E-state index in [2.05, 4.69) is 24.9 Å². The maximum atomic E-state index is 5.81. The van der Waals surface area contributed by atoms with Crippen molar-refractivity contribution in [3.8, 4) is 11.5 Å². The van der Waals surface area contributed by atoms with Gasteiger partial charge in [-0.3, -0.25) is 4.90 Å². The van der Waals surface area contributed by atoms with Crippen LogP contribution in [0.25, 0.3) is 0 Å². The molecule has 1 aliphatic heterocycles. The second-order valence-corrected chi connectivity index (χ2v) is 3.94. The molecule has 1 aromatic rings. The summed E-state index contributed by atoms with van der Waals surface area (Å²) in [5.74, 6) is 1.64. The molecular formula is C12H18N2O2. The Morgan fingerprint density at radius 1 is 1.38 bits per heavy atom. The van der Waals surface area contributed by atoms with Gasteiger partial charge in [0.15, 0.2) is 11.5 Å². The summed E-state index contributed by atoms with van der Waals surface area (Å²) in [6.07, 6.45) is 0. The molecule has 0 fully saturated rings. The van der Waals surface area contributed by atoms with Crippen LogP contribution in [0.1, 0.15) is 18.5 Å². The smallest absolute Gasteiger partial charge is 0.231 e. The van der Waals surface area contributed by atoms with Gasteiger partial charge in [0.25, 0.3) is 0 Å². The fourth-order valence-corrected chi connectivity index (χ4v) is 1.91. The van der Waals surface area contributed by atoms with Crippen molar-refractivity contribution >= 4 is 0 Å². The van der Waals surface area contributed by atoms with Gasteiger partial charge in [-0.2, -0.15) is 0 Å². The molecule has 0 spiro atoms. The number of likely N-dealkylation sites (N-methyl/N-ethyl adjacent to an activating group) is 1. The van der Waals surface area contributed by atoms with Crippen LogP contribution < -0.4 is 15.2 Å². The molecule has 1 unspecified atom stereocenters. The SMILES string of the molecule is CCN(C)C(CN)c1ccc2c(c1)OCO2. The summed E-state index contributed by atoms with van der Waals surface area (Å²) in [6.45, 7) is 4.01. The highest BCUT2D eigenvalue weighted by Gasteiger charge is 2.19. The lowest BCUT2D eigenvalue weighted by atomic mass is 10.1. The van der Waals surface area contributed by atoms with Gasteiger partial charge in [0.2, 0.25) is 6.79 Å². The van der Waals surface area contributed by atoms with E-state index in [0.717, 1.165) is 18.0 Å². The number of ether oxygens (including phenoxy) is 2. The predicted molar refractivity (Wildman–Crippen MR) is 62.7 cm³/mol. The Hall–Kier alpha value is -1.26. The zero-order valence-electron chi connectivity index (χ0n) is 9.77. The van der Waals surface area contributed by atoms with Gasteiger partial charge < -0.3 is 15.2 Å². The van der Waals surface area contributed by atoms with E-state index in [-0.39, 0.29) is 6.04 Å². The molecule has 1 aliphatic rings. The summed E-state index contributed by atoms with van der Waals surface area (Å²) >= 11 is 0. The van der Waals surface area contributed by atoms with Crippen LogP contribution in [-0.2, 0) is 0 Å². The highest BCUT2D eigenvalue weighted by Crippen LogP contribution is 2.34. The maximum Gasteiger partial charge on any atom is 0.231 e. The Bertz CT molecular complexity index is 368. The summed E-state index contributed by atoms with van der Waals surface area (Å²) in [5, 5.41) is 0. The van der Waals surface area contributed by atoms with Crippen molar-refractivity contribution in [1.82, 2.24) is 4.90 Å². The van der Waals surface area contributed by atoms with Crippen LogP contribution in [0.4, 0.5) is 0 Å². The average molecular weight is 222 g/mol. The van der Waals surface area contributed by atoms with Crippen LogP contribution in [0.2, 0.25) is 0 Å². The number of rotatable bonds is 4. The lowest BCUT2D eigenvalue weighted by molar-refractivity contribution is 0.174. The molecule has 0 bridgehead atoms. The van der Waals surface area contributed by atoms with Gasteiger partial charge in [-0.25, -0.2) is 0 Å². The third-order valence-electron chi connectivity index (χ3n) is 3.04. The van der Waals surface area contributed by atoms with Crippen molar-refractivity contribution in [3.63, 3.8) is 0 Å². The molecule has 2 N–H and O–H groups in total. The first kappa shape index (κ1) is 11.2. The maximum absolute atomic E-state index is 5.81. The number of hydrogen-bond acceptors (Lipinski definition) is 4. The number of benzene rings is 1. The molecule has 0 aliphatic carbocycles. The summed E-state index contributed by atoms with van der Waals surface area (Å²) in [5.41, 5.74) is 6.99. The number of hydrogen-bond donors (Lipinski definition) is 1. The molecule has 0 aromatic heterocycles. The standard InChI is InChI=1S/C12H18N2O2/c1-3-14(2)10(7-13)9-4-5-11-12(6-9)16-8-15-11/h4-6,10H,3,7-8,13H2,1-2H3. The van der Waals surface area contributed by atoms with Crippen LogP contribution in [0.3, 0.4) is 0 Å². The Morgan fingerprint density at radius 2 is 2.12 bits per heavy atom. The number of nitrogens with two attached hydrogens (primary N) is 1. The van der Waals surface area contributed by atoms with E-state index in [0.29, 0.717) is 13.3 Å². The summed E-state index contributed by atoms with van der Waals surface area (Å²) in [7, 11) is 2.07. The first-order chi connectivity index (χ1) is 7.76. The van der Waals surface area contributed by atoms with Crippen LogP contribution in [0, 0.1) is 0 Å². The van der Waals surface area contributed by atoms with Crippen LogP contribution in [-0.4, -0.2) is 31.8 Å². The Labute approximate surface area is 95.9 Å².